The molecule has 2 saturated heterocycles. The SMILES string of the molecule is CCN1C[C@H]2[C@@H](c3ccccc3C)N[C@](CO)(Cc3ccc(O)cc3)[C@H]2C1. The number of hydrogen-bond acceptors (Lipinski definition) is 4. The molecular weight excluding hydrogens is 336 g/mol. The second-order valence-electron chi connectivity index (χ2n) is 8.26. The summed E-state index contributed by atoms with van der Waals surface area (Å²) in [6.07, 6.45) is 0.769. The van der Waals surface area contributed by atoms with Crippen molar-refractivity contribution < 1.29 is 10.2 Å². The zero-order valence-electron chi connectivity index (χ0n) is 16.2. The van der Waals surface area contributed by atoms with Gasteiger partial charge in [-0.15, -0.1) is 0 Å². The number of aliphatic hydroxyl groups excluding tert-OH is 1. The number of phenols is 1. The van der Waals surface area contributed by atoms with E-state index >= 15 is 0 Å². The molecule has 4 nitrogen and oxygen atoms in total. The number of fused-ring (bicyclic) bond motifs is 1. The van der Waals surface area contributed by atoms with Crippen LogP contribution in [0.2, 0.25) is 0 Å². The Hall–Kier alpha value is -1.88. The van der Waals surface area contributed by atoms with E-state index in [2.05, 4.69) is 48.3 Å². The zero-order valence-corrected chi connectivity index (χ0v) is 16.2. The summed E-state index contributed by atoms with van der Waals surface area (Å²) in [6.45, 7) is 7.66. The molecule has 4 heteroatoms. The maximum absolute atomic E-state index is 10.5. The van der Waals surface area contributed by atoms with Crippen LogP contribution in [0.1, 0.15) is 29.7 Å². The van der Waals surface area contributed by atoms with Crippen LogP contribution in [-0.4, -0.2) is 46.9 Å². The molecule has 2 aliphatic rings. The van der Waals surface area contributed by atoms with Crippen molar-refractivity contribution >= 4 is 0 Å². The van der Waals surface area contributed by atoms with E-state index in [1.807, 2.05) is 12.1 Å². The third-order valence-electron chi connectivity index (χ3n) is 6.73. The average molecular weight is 367 g/mol. The summed E-state index contributed by atoms with van der Waals surface area (Å²) >= 11 is 0. The summed E-state index contributed by atoms with van der Waals surface area (Å²) in [7, 11) is 0. The van der Waals surface area contributed by atoms with E-state index in [-0.39, 0.29) is 23.9 Å². The van der Waals surface area contributed by atoms with Gasteiger partial charge in [-0.3, -0.25) is 0 Å². The van der Waals surface area contributed by atoms with Crippen molar-refractivity contribution in [2.45, 2.75) is 31.8 Å². The fourth-order valence-corrected chi connectivity index (χ4v) is 5.24. The molecule has 2 fully saturated rings. The second kappa shape index (κ2) is 7.27. The Morgan fingerprint density at radius 3 is 2.52 bits per heavy atom. The van der Waals surface area contributed by atoms with Gasteiger partial charge in [0.05, 0.1) is 12.1 Å². The molecule has 0 unspecified atom stereocenters. The van der Waals surface area contributed by atoms with Gasteiger partial charge in [-0.25, -0.2) is 0 Å². The van der Waals surface area contributed by atoms with Crippen LogP contribution in [0.4, 0.5) is 0 Å². The number of aryl methyl sites for hydroxylation is 1. The van der Waals surface area contributed by atoms with Gasteiger partial charge in [0.25, 0.3) is 0 Å². The molecule has 0 aromatic heterocycles. The highest BCUT2D eigenvalue weighted by molar-refractivity contribution is 5.34. The van der Waals surface area contributed by atoms with Crippen molar-refractivity contribution in [3.05, 3.63) is 65.2 Å². The van der Waals surface area contributed by atoms with Gasteiger partial charge in [0.15, 0.2) is 0 Å². The fraction of sp³-hybridized carbons (Fsp3) is 0.478. The number of aliphatic hydroxyl groups is 1. The number of nitrogens with one attached hydrogen (secondary N) is 1. The lowest BCUT2D eigenvalue weighted by Crippen LogP contribution is -2.52. The first kappa shape index (κ1) is 18.5. The maximum Gasteiger partial charge on any atom is 0.115 e. The molecule has 2 aromatic carbocycles. The molecule has 0 saturated carbocycles. The van der Waals surface area contributed by atoms with Crippen LogP contribution in [0, 0.1) is 18.8 Å². The lowest BCUT2D eigenvalue weighted by atomic mass is 9.77. The summed E-state index contributed by atoms with van der Waals surface area (Å²) in [5.41, 5.74) is 3.47. The molecule has 0 amide bonds. The van der Waals surface area contributed by atoms with Crippen molar-refractivity contribution in [1.82, 2.24) is 10.2 Å². The van der Waals surface area contributed by atoms with Gasteiger partial charge in [-0.1, -0.05) is 43.3 Å². The minimum atomic E-state index is -0.335. The first-order valence-corrected chi connectivity index (χ1v) is 10.0. The smallest absolute Gasteiger partial charge is 0.115 e. The predicted molar refractivity (Wildman–Crippen MR) is 108 cm³/mol. The molecule has 144 valence electrons. The van der Waals surface area contributed by atoms with Crippen molar-refractivity contribution in [3.63, 3.8) is 0 Å². The fourth-order valence-electron chi connectivity index (χ4n) is 5.24. The Kier molecular flexibility index (Phi) is 4.97. The van der Waals surface area contributed by atoms with Crippen LogP contribution in [0.15, 0.2) is 48.5 Å². The minimum Gasteiger partial charge on any atom is -0.508 e. The van der Waals surface area contributed by atoms with Crippen molar-refractivity contribution in [2.24, 2.45) is 11.8 Å². The van der Waals surface area contributed by atoms with Crippen molar-refractivity contribution in [1.29, 1.82) is 0 Å². The average Bonchev–Trinajstić information content (AvgIpc) is 3.23. The molecule has 0 radical (unpaired) electrons. The molecule has 2 aliphatic heterocycles. The predicted octanol–water partition coefficient (Wildman–Crippen LogP) is 2.89. The van der Waals surface area contributed by atoms with Gasteiger partial charge < -0.3 is 20.4 Å². The Bertz CT molecular complexity index is 791. The summed E-state index contributed by atoms with van der Waals surface area (Å²) in [4.78, 5) is 2.52. The minimum absolute atomic E-state index is 0.120. The van der Waals surface area contributed by atoms with Crippen LogP contribution < -0.4 is 5.32 Å². The molecule has 4 atom stereocenters. The van der Waals surface area contributed by atoms with Crippen LogP contribution in [-0.2, 0) is 6.42 Å². The number of rotatable bonds is 5. The monoisotopic (exact) mass is 366 g/mol. The Labute approximate surface area is 161 Å². The van der Waals surface area contributed by atoms with Gasteiger partial charge in [-0.05, 0) is 60.5 Å². The highest BCUT2D eigenvalue weighted by atomic mass is 16.3. The van der Waals surface area contributed by atoms with E-state index < -0.39 is 0 Å². The Morgan fingerprint density at radius 2 is 1.85 bits per heavy atom. The van der Waals surface area contributed by atoms with E-state index in [4.69, 9.17) is 0 Å². The maximum atomic E-state index is 10.5. The van der Waals surface area contributed by atoms with E-state index in [1.165, 1.54) is 11.1 Å². The number of nitrogens with zero attached hydrogens (tertiary/aromatic N) is 1. The van der Waals surface area contributed by atoms with Crippen molar-refractivity contribution in [3.8, 4) is 5.75 Å². The molecule has 2 aromatic rings. The highest BCUT2D eigenvalue weighted by Gasteiger charge is 2.56. The molecule has 0 bridgehead atoms. The number of hydrogen-bond donors (Lipinski definition) is 3. The third kappa shape index (κ3) is 3.27. The molecule has 27 heavy (non-hydrogen) atoms. The zero-order chi connectivity index (χ0) is 19.0. The van der Waals surface area contributed by atoms with Crippen LogP contribution >= 0.6 is 0 Å². The first-order valence-electron chi connectivity index (χ1n) is 10.0. The van der Waals surface area contributed by atoms with Gasteiger partial charge in [0, 0.05) is 19.1 Å². The lowest BCUT2D eigenvalue weighted by molar-refractivity contribution is 0.127. The Balaban J connectivity index is 1.70. The third-order valence-corrected chi connectivity index (χ3v) is 6.73. The van der Waals surface area contributed by atoms with E-state index in [0.717, 1.165) is 31.6 Å². The van der Waals surface area contributed by atoms with E-state index in [9.17, 15) is 10.2 Å². The molecule has 2 heterocycles. The summed E-state index contributed by atoms with van der Waals surface area (Å²) in [5, 5.41) is 24.0. The molecular formula is C23H30N2O2. The first-order chi connectivity index (χ1) is 13.1. The van der Waals surface area contributed by atoms with Crippen LogP contribution in [0.5, 0.6) is 5.75 Å². The van der Waals surface area contributed by atoms with E-state index in [0.29, 0.717) is 11.8 Å². The lowest BCUT2D eigenvalue weighted by Gasteiger charge is -2.35. The van der Waals surface area contributed by atoms with Gasteiger partial charge in [0.1, 0.15) is 5.75 Å². The molecule has 3 N–H and O–H groups in total. The van der Waals surface area contributed by atoms with Gasteiger partial charge in [-0.2, -0.15) is 0 Å². The number of benzene rings is 2. The van der Waals surface area contributed by atoms with Crippen LogP contribution in [0.25, 0.3) is 0 Å². The van der Waals surface area contributed by atoms with E-state index in [1.54, 1.807) is 12.1 Å². The summed E-state index contributed by atoms with van der Waals surface area (Å²) in [5.74, 6) is 1.18. The second-order valence-corrected chi connectivity index (χ2v) is 8.26. The quantitative estimate of drug-likeness (QED) is 0.762. The number of phenolic OH excluding ortho intramolecular Hbond substituents is 1. The normalized spacial score (nSPS) is 30.6. The van der Waals surface area contributed by atoms with Crippen molar-refractivity contribution in [2.75, 3.05) is 26.2 Å². The highest BCUT2D eigenvalue weighted by Crippen LogP contribution is 2.48. The largest absolute Gasteiger partial charge is 0.508 e. The molecule has 4 rings (SSSR count). The number of likely N-dealkylation sites (tertiary alicyclic amines) is 1. The van der Waals surface area contributed by atoms with Crippen LogP contribution in [0.3, 0.4) is 0 Å². The Morgan fingerprint density at radius 1 is 1.11 bits per heavy atom. The summed E-state index contributed by atoms with van der Waals surface area (Å²) in [6, 6.07) is 16.3. The standard InChI is InChI=1S/C23H30N2O2/c1-3-25-13-20-21(14-25)23(15-26,12-17-8-10-18(27)11-9-17)24-22(20)19-7-5-4-6-16(19)2/h4-11,20-22,24,26-27H,3,12-15H2,1-2H3/t20-,21+,22-,23+/m1/s1. The summed E-state index contributed by atoms with van der Waals surface area (Å²) < 4.78 is 0. The molecule has 0 spiro atoms. The van der Waals surface area contributed by atoms with Gasteiger partial charge in [0.2, 0.25) is 0 Å². The topological polar surface area (TPSA) is 55.7 Å². The number of aromatic hydroxyl groups is 1. The molecule has 0 aliphatic carbocycles. The van der Waals surface area contributed by atoms with Gasteiger partial charge >= 0.3 is 0 Å².